The molecule has 2 saturated heterocycles. The molecule has 1 spiro atoms. The number of hydrogen-bond acceptors (Lipinski definition) is 6. The molecule has 1 aromatic carbocycles. The summed E-state index contributed by atoms with van der Waals surface area (Å²) in [6, 6.07) is 7.92. The molecule has 2 heterocycles. The van der Waals surface area contributed by atoms with E-state index < -0.39 is 10.0 Å². The molecule has 0 bridgehead atoms. The standard InChI is InChI=1S/C31H45ClN6O3S/c1-34-29(18-28(22-5-3-4-6-22)35-26-8-7-23(21-33)27(32)17-26)37-15-11-31(12-16-37)19-24(20-31)30(39)38-13-9-25(10-14-38)36-42(2,40)41/h7-8,17,22,24-25,28,35-36H,3-6,9-16,18-20H2,1-2H3. The number of amidine groups is 1. The number of sulfonamides is 1. The highest BCUT2D eigenvalue weighted by Gasteiger charge is 2.50. The minimum atomic E-state index is -3.22. The molecule has 0 aromatic heterocycles. The maximum atomic E-state index is 13.2. The van der Waals surface area contributed by atoms with Crippen molar-refractivity contribution in [1.82, 2.24) is 14.5 Å². The molecule has 2 aliphatic heterocycles. The van der Waals surface area contributed by atoms with Crippen molar-refractivity contribution < 1.29 is 13.2 Å². The zero-order valence-corrected chi connectivity index (χ0v) is 26.5. The number of carbonyl (C=O) groups is 1. The van der Waals surface area contributed by atoms with Crippen LogP contribution in [0, 0.1) is 28.6 Å². The molecule has 1 atom stereocenters. The Balaban J connectivity index is 1.12. The molecule has 5 rings (SSSR count). The number of nitrogens with zero attached hydrogens (tertiary/aromatic N) is 4. The van der Waals surface area contributed by atoms with E-state index in [4.69, 9.17) is 16.6 Å². The summed E-state index contributed by atoms with van der Waals surface area (Å²) >= 11 is 6.33. The van der Waals surface area contributed by atoms with E-state index in [1.165, 1.54) is 31.9 Å². The number of anilines is 1. The predicted molar refractivity (Wildman–Crippen MR) is 167 cm³/mol. The molecular weight excluding hydrogens is 572 g/mol. The highest BCUT2D eigenvalue weighted by molar-refractivity contribution is 7.88. The van der Waals surface area contributed by atoms with Crippen LogP contribution in [-0.2, 0) is 14.8 Å². The molecule has 230 valence electrons. The van der Waals surface area contributed by atoms with Gasteiger partial charge in [0.15, 0.2) is 0 Å². The molecule has 4 aliphatic rings. The lowest BCUT2D eigenvalue weighted by Crippen LogP contribution is -2.54. The van der Waals surface area contributed by atoms with Crippen LogP contribution >= 0.6 is 11.6 Å². The van der Waals surface area contributed by atoms with Crippen molar-refractivity contribution in [2.75, 3.05) is 44.8 Å². The fourth-order valence-electron chi connectivity index (χ4n) is 7.75. The van der Waals surface area contributed by atoms with E-state index in [-0.39, 0.29) is 29.3 Å². The molecule has 2 aliphatic carbocycles. The van der Waals surface area contributed by atoms with E-state index in [1.54, 1.807) is 6.07 Å². The van der Waals surface area contributed by atoms with Gasteiger partial charge in [-0.1, -0.05) is 24.4 Å². The summed E-state index contributed by atoms with van der Waals surface area (Å²) in [6.07, 6.45) is 12.5. The third-order valence-corrected chi connectivity index (χ3v) is 11.2. The van der Waals surface area contributed by atoms with Gasteiger partial charge in [0.25, 0.3) is 0 Å². The molecule has 4 fully saturated rings. The number of amides is 1. The Labute approximate surface area is 256 Å². The predicted octanol–water partition coefficient (Wildman–Crippen LogP) is 4.63. The number of rotatable bonds is 8. The largest absolute Gasteiger partial charge is 0.382 e. The second-order valence-electron chi connectivity index (χ2n) is 13.0. The van der Waals surface area contributed by atoms with Crippen molar-refractivity contribution in [3.8, 4) is 6.07 Å². The number of halogens is 1. The number of hydrogen-bond donors (Lipinski definition) is 2. The second kappa shape index (κ2) is 13.1. The lowest BCUT2D eigenvalue weighted by molar-refractivity contribution is -0.146. The Kier molecular flexibility index (Phi) is 9.70. The van der Waals surface area contributed by atoms with Crippen LogP contribution in [0.3, 0.4) is 0 Å². The van der Waals surface area contributed by atoms with Crippen LogP contribution in [-0.4, -0.2) is 81.5 Å². The molecule has 1 aromatic rings. The summed E-state index contributed by atoms with van der Waals surface area (Å²) in [4.78, 5) is 22.4. The van der Waals surface area contributed by atoms with Crippen molar-refractivity contribution in [2.45, 2.75) is 82.7 Å². The molecule has 2 N–H and O–H groups in total. The van der Waals surface area contributed by atoms with E-state index in [1.807, 2.05) is 24.1 Å². The smallest absolute Gasteiger partial charge is 0.225 e. The SMILES string of the molecule is CN=C(CC(Nc1ccc(C#N)c(Cl)c1)C1CCCC1)N1CCC2(CC1)CC(C(=O)N1CCC(NS(C)(=O)=O)CC1)C2. The maximum Gasteiger partial charge on any atom is 0.225 e. The zero-order valence-electron chi connectivity index (χ0n) is 24.9. The van der Waals surface area contributed by atoms with Gasteiger partial charge in [-0.15, -0.1) is 0 Å². The molecule has 1 amide bonds. The van der Waals surface area contributed by atoms with Crippen LogP contribution in [0.5, 0.6) is 0 Å². The monoisotopic (exact) mass is 616 g/mol. The Morgan fingerprint density at radius 2 is 1.79 bits per heavy atom. The molecular formula is C31H45ClN6O3S. The van der Waals surface area contributed by atoms with Gasteiger partial charge >= 0.3 is 0 Å². The minimum absolute atomic E-state index is 0.0686. The lowest BCUT2D eigenvalue weighted by atomic mass is 9.57. The van der Waals surface area contributed by atoms with Crippen LogP contribution < -0.4 is 10.0 Å². The first-order valence-electron chi connectivity index (χ1n) is 15.5. The first-order chi connectivity index (χ1) is 20.1. The second-order valence-corrected chi connectivity index (χ2v) is 15.2. The number of benzene rings is 1. The number of nitrogens with one attached hydrogen (secondary N) is 2. The number of likely N-dealkylation sites (tertiary alicyclic amines) is 2. The maximum absolute atomic E-state index is 13.2. The molecule has 2 saturated carbocycles. The number of carbonyl (C=O) groups excluding carboxylic acids is 1. The fourth-order valence-corrected chi connectivity index (χ4v) is 8.81. The minimum Gasteiger partial charge on any atom is -0.382 e. The van der Waals surface area contributed by atoms with Gasteiger partial charge in [-0.3, -0.25) is 9.79 Å². The molecule has 9 nitrogen and oxygen atoms in total. The van der Waals surface area contributed by atoms with Crippen LogP contribution in [0.15, 0.2) is 23.2 Å². The summed E-state index contributed by atoms with van der Waals surface area (Å²) in [5, 5.41) is 13.5. The molecule has 42 heavy (non-hydrogen) atoms. The van der Waals surface area contributed by atoms with Crippen molar-refractivity contribution in [2.24, 2.45) is 22.2 Å². The van der Waals surface area contributed by atoms with Crippen molar-refractivity contribution in [3.05, 3.63) is 28.8 Å². The van der Waals surface area contributed by atoms with Gasteiger partial charge in [0.2, 0.25) is 15.9 Å². The van der Waals surface area contributed by atoms with Gasteiger partial charge in [0, 0.05) is 63.3 Å². The number of piperidine rings is 2. The van der Waals surface area contributed by atoms with Crippen LogP contribution in [0.4, 0.5) is 5.69 Å². The van der Waals surface area contributed by atoms with Crippen LogP contribution in [0.2, 0.25) is 5.02 Å². The number of nitriles is 1. The lowest BCUT2D eigenvalue weighted by Gasteiger charge is -2.53. The van der Waals surface area contributed by atoms with Gasteiger partial charge in [-0.2, -0.15) is 5.26 Å². The molecule has 11 heteroatoms. The highest BCUT2D eigenvalue weighted by Crippen LogP contribution is 2.53. The van der Waals surface area contributed by atoms with Gasteiger partial charge in [-0.05, 0) is 80.9 Å². The van der Waals surface area contributed by atoms with Gasteiger partial charge in [0.1, 0.15) is 11.9 Å². The van der Waals surface area contributed by atoms with Gasteiger partial charge in [-0.25, -0.2) is 13.1 Å². The van der Waals surface area contributed by atoms with E-state index in [0.717, 1.165) is 56.7 Å². The Hall–Kier alpha value is -2.35. The zero-order chi connectivity index (χ0) is 29.9. The Morgan fingerprint density at radius 1 is 1.12 bits per heavy atom. The summed E-state index contributed by atoms with van der Waals surface area (Å²) in [7, 11) is -1.32. The first-order valence-corrected chi connectivity index (χ1v) is 17.8. The van der Waals surface area contributed by atoms with E-state index in [2.05, 4.69) is 21.0 Å². The number of aliphatic imine (C=N–C) groups is 1. The average Bonchev–Trinajstić information content (AvgIpc) is 3.49. The quantitative estimate of drug-likeness (QED) is 0.325. The van der Waals surface area contributed by atoms with Gasteiger partial charge < -0.3 is 15.1 Å². The van der Waals surface area contributed by atoms with E-state index >= 15 is 0 Å². The Morgan fingerprint density at radius 3 is 2.36 bits per heavy atom. The summed E-state index contributed by atoms with van der Waals surface area (Å²) in [5.41, 5.74) is 1.70. The molecule has 0 radical (unpaired) electrons. The van der Waals surface area contributed by atoms with Crippen molar-refractivity contribution >= 4 is 39.1 Å². The average molecular weight is 617 g/mol. The summed E-state index contributed by atoms with van der Waals surface area (Å²) in [6.45, 7) is 3.20. The summed E-state index contributed by atoms with van der Waals surface area (Å²) < 4.78 is 25.8. The van der Waals surface area contributed by atoms with E-state index in [9.17, 15) is 18.5 Å². The van der Waals surface area contributed by atoms with Crippen molar-refractivity contribution in [1.29, 1.82) is 5.26 Å². The highest BCUT2D eigenvalue weighted by atomic mass is 35.5. The topological polar surface area (TPSA) is 118 Å². The molecule has 1 unspecified atom stereocenters. The summed E-state index contributed by atoms with van der Waals surface area (Å²) in [5.74, 6) is 2.08. The third-order valence-electron chi connectivity index (χ3n) is 10.2. The first kappa shape index (κ1) is 31.1. The van der Waals surface area contributed by atoms with Crippen LogP contribution in [0.1, 0.15) is 76.2 Å². The fraction of sp³-hybridized carbons (Fsp3) is 0.710. The third kappa shape index (κ3) is 7.40. The van der Waals surface area contributed by atoms with E-state index in [0.29, 0.717) is 42.4 Å². The normalized spacial score (nSPS) is 23.0. The van der Waals surface area contributed by atoms with Crippen molar-refractivity contribution in [3.63, 3.8) is 0 Å². The Bertz CT molecular complexity index is 1300. The van der Waals surface area contributed by atoms with Crippen LogP contribution in [0.25, 0.3) is 0 Å². The van der Waals surface area contributed by atoms with Gasteiger partial charge in [0.05, 0.1) is 16.8 Å².